The standard InChI is InChI=1S/C13H15N3O3S/c1-20(18,19)9-5-8-13(17)12-10-14-16(15-12)11-6-3-2-4-7-11/h2-4,6-7,10H,5,8-9H2,1H3. The van der Waals surface area contributed by atoms with Crippen molar-refractivity contribution in [2.24, 2.45) is 0 Å². The van der Waals surface area contributed by atoms with Crippen LogP contribution < -0.4 is 0 Å². The fraction of sp³-hybridized carbons (Fsp3) is 0.308. The number of sulfone groups is 1. The second-order valence-corrected chi connectivity index (χ2v) is 6.77. The molecule has 0 saturated carbocycles. The number of hydrogen-bond donors (Lipinski definition) is 0. The highest BCUT2D eigenvalue weighted by atomic mass is 32.2. The number of nitrogens with zero attached hydrogens (tertiary/aromatic N) is 3. The smallest absolute Gasteiger partial charge is 0.184 e. The number of hydrogen-bond acceptors (Lipinski definition) is 5. The van der Waals surface area contributed by atoms with Gasteiger partial charge in [0, 0.05) is 12.7 Å². The fourth-order valence-electron chi connectivity index (χ4n) is 1.70. The first-order chi connectivity index (χ1) is 9.46. The first-order valence-electron chi connectivity index (χ1n) is 6.14. The van der Waals surface area contributed by atoms with Crippen LogP contribution in [0.5, 0.6) is 0 Å². The van der Waals surface area contributed by atoms with Gasteiger partial charge in [-0.2, -0.15) is 9.90 Å². The van der Waals surface area contributed by atoms with Gasteiger partial charge in [0.25, 0.3) is 0 Å². The van der Waals surface area contributed by atoms with E-state index in [4.69, 9.17) is 0 Å². The Balaban J connectivity index is 2.00. The molecule has 2 rings (SSSR count). The van der Waals surface area contributed by atoms with Crippen molar-refractivity contribution in [3.8, 4) is 5.69 Å². The molecule has 7 heteroatoms. The SMILES string of the molecule is CS(=O)(=O)CCCC(=O)c1cnn(-c2ccccc2)n1. The summed E-state index contributed by atoms with van der Waals surface area (Å²) in [6.45, 7) is 0. The number of benzene rings is 1. The summed E-state index contributed by atoms with van der Waals surface area (Å²) >= 11 is 0. The summed E-state index contributed by atoms with van der Waals surface area (Å²) in [5.74, 6) is -0.193. The molecular formula is C13H15N3O3S. The molecule has 106 valence electrons. The molecule has 0 spiro atoms. The minimum atomic E-state index is -3.03. The van der Waals surface area contributed by atoms with E-state index in [1.807, 2.05) is 30.3 Å². The van der Waals surface area contributed by atoms with Crippen molar-refractivity contribution < 1.29 is 13.2 Å². The number of Topliss-reactive ketones (excluding diaryl/α,β-unsaturated/α-hetero) is 1. The Morgan fingerprint density at radius 2 is 1.95 bits per heavy atom. The molecule has 0 unspecified atom stereocenters. The summed E-state index contributed by atoms with van der Waals surface area (Å²) in [5, 5.41) is 8.13. The monoisotopic (exact) mass is 293 g/mol. The molecule has 1 aromatic carbocycles. The molecule has 0 N–H and O–H groups in total. The number of rotatable bonds is 6. The van der Waals surface area contributed by atoms with E-state index in [9.17, 15) is 13.2 Å². The fourth-order valence-corrected chi connectivity index (χ4v) is 2.37. The maximum Gasteiger partial charge on any atom is 0.184 e. The van der Waals surface area contributed by atoms with Crippen LogP contribution in [-0.2, 0) is 9.84 Å². The lowest BCUT2D eigenvalue weighted by atomic mass is 10.2. The van der Waals surface area contributed by atoms with Crippen LogP contribution in [0.2, 0.25) is 0 Å². The molecule has 2 aromatic rings. The van der Waals surface area contributed by atoms with Gasteiger partial charge in [0.2, 0.25) is 0 Å². The lowest BCUT2D eigenvalue weighted by molar-refractivity contribution is 0.0977. The summed E-state index contributed by atoms with van der Waals surface area (Å²) < 4.78 is 22.0. The van der Waals surface area contributed by atoms with E-state index >= 15 is 0 Å². The highest BCUT2D eigenvalue weighted by molar-refractivity contribution is 7.90. The van der Waals surface area contributed by atoms with Crippen LogP contribution in [-0.4, -0.2) is 41.2 Å². The van der Waals surface area contributed by atoms with Crippen LogP contribution in [0.3, 0.4) is 0 Å². The van der Waals surface area contributed by atoms with Crippen molar-refractivity contribution in [2.75, 3.05) is 12.0 Å². The van der Waals surface area contributed by atoms with E-state index in [0.29, 0.717) is 6.42 Å². The first kappa shape index (κ1) is 14.4. The highest BCUT2D eigenvalue weighted by Gasteiger charge is 2.12. The van der Waals surface area contributed by atoms with E-state index in [1.54, 1.807) is 0 Å². The molecule has 0 aliphatic heterocycles. The third-order valence-electron chi connectivity index (χ3n) is 2.68. The van der Waals surface area contributed by atoms with Crippen LogP contribution in [0.1, 0.15) is 23.3 Å². The molecule has 0 saturated heterocycles. The molecule has 1 aromatic heterocycles. The average molecular weight is 293 g/mol. The molecule has 0 fully saturated rings. The van der Waals surface area contributed by atoms with Gasteiger partial charge < -0.3 is 0 Å². The van der Waals surface area contributed by atoms with Crippen molar-refractivity contribution in [1.29, 1.82) is 0 Å². The van der Waals surface area contributed by atoms with Crippen LogP contribution in [0.4, 0.5) is 0 Å². The van der Waals surface area contributed by atoms with Gasteiger partial charge in [-0.25, -0.2) is 8.42 Å². The van der Waals surface area contributed by atoms with Gasteiger partial charge in [-0.05, 0) is 18.6 Å². The zero-order chi connectivity index (χ0) is 14.6. The Bertz CT molecular complexity index is 693. The normalized spacial score (nSPS) is 11.4. The quantitative estimate of drug-likeness (QED) is 0.749. The minimum Gasteiger partial charge on any atom is -0.292 e. The van der Waals surface area contributed by atoms with E-state index in [0.717, 1.165) is 11.9 Å². The molecule has 0 radical (unpaired) electrons. The lowest BCUT2D eigenvalue weighted by Gasteiger charge is -1.98. The van der Waals surface area contributed by atoms with Crippen molar-refractivity contribution in [1.82, 2.24) is 15.0 Å². The van der Waals surface area contributed by atoms with Crippen molar-refractivity contribution in [3.05, 3.63) is 42.2 Å². The number of ketones is 1. The van der Waals surface area contributed by atoms with Crippen LogP contribution in [0.25, 0.3) is 5.69 Å². The lowest BCUT2D eigenvalue weighted by Crippen LogP contribution is -2.07. The zero-order valence-corrected chi connectivity index (χ0v) is 11.9. The Hall–Kier alpha value is -2.02. The Morgan fingerprint density at radius 1 is 1.25 bits per heavy atom. The summed E-state index contributed by atoms with van der Waals surface area (Å²) in [6.07, 6.45) is 3.01. The maximum atomic E-state index is 11.9. The second-order valence-electron chi connectivity index (χ2n) is 4.51. The van der Waals surface area contributed by atoms with E-state index in [1.165, 1.54) is 11.0 Å². The minimum absolute atomic E-state index is 0.00552. The average Bonchev–Trinajstić information content (AvgIpc) is 2.88. The molecule has 6 nitrogen and oxygen atoms in total. The molecular weight excluding hydrogens is 278 g/mol. The van der Waals surface area contributed by atoms with E-state index < -0.39 is 9.84 Å². The van der Waals surface area contributed by atoms with Crippen molar-refractivity contribution in [3.63, 3.8) is 0 Å². The summed E-state index contributed by atoms with van der Waals surface area (Å²) in [5.41, 5.74) is 1.02. The van der Waals surface area contributed by atoms with Gasteiger partial charge >= 0.3 is 0 Å². The summed E-state index contributed by atoms with van der Waals surface area (Å²) in [4.78, 5) is 13.2. The molecule has 1 heterocycles. The highest BCUT2D eigenvalue weighted by Crippen LogP contribution is 2.07. The molecule has 0 atom stereocenters. The molecule has 20 heavy (non-hydrogen) atoms. The maximum absolute atomic E-state index is 11.9. The van der Waals surface area contributed by atoms with E-state index in [2.05, 4.69) is 10.2 Å². The Morgan fingerprint density at radius 3 is 2.60 bits per heavy atom. The number of carbonyl (C=O) groups is 1. The number of para-hydroxylation sites is 1. The van der Waals surface area contributed by atoms with Crippen LogP contribution in [0, 0.1) is 0 Å². The van der Waals surface area contributed by atoms with Crippen molar-refractivity contribution in [2.45, 2.75) is 12.8 Å². The van der Waals surface area contributed by atoms with Gasteiger partial charge in [-0.1, -0.05) is 18.2 Å². The number of carbonyl (C=O) groups excluding carboxylic acids is 1. The summed E-state index contributed by atoms with van der Waals surface area (Å²) in [6, 6.07) is 9.25. The Labute approximate surface area is 117 Å². The first-order valence-corrected chi connectivity index (χ1v) is 8.20. The van der Waals surface area contributed by atoms with Crippen molar-refractivity contribution >= 4 is 15.6 Å². The molecule has 0 amide bonds. The van der Waals surface area contributed by atoms with Gasteiger partial charge in [-0.15, -0.1) is 5.10 Å². The molecule has 0 aliphatic rings. The third-order valence-corrected chi connectivity index (χ3v) is 3.71. The third kappa shape index (κ3) is 3.99. The van der Waals surface area contributed by atoms with E-state index in [-0.39, 0.29) is 23.7 Å². The van der Waals surface area contributed by atoms with Gasteiger partial charge in [0.05, 0.1) is 17.6 Å². The topological polar surface area (TPSA) is 81.9 Å². The number of aromatic nitrogens is 3. The van der Waals surface area contributed by atoms with Gasteiger partial charge in [0.15, 0.2) is 5.78 Å². The largest absolute Gasteiger partial charge is 0.292 e. The predicted octanol–water partition coefficient (Wildman–Crippen LogP) is 1.27. The van der Waals surface area contributed by atoms with Gasteiger partial charge in [0.1, 0.15) is 15.5 Å². The molecule has 0 aliphatic carbocycles. The van der Waals surface area contributed by atoms with Crippen LogP contribution >= 0.6 is 0 Å². The summed E-state index contributed by atoms with van der Waals surface area (Å²) in [7, 11) is -3.03. The van der Waals surface area contributed by atoms with Gasteiger partial charge in [-0.3, -0.25) is 4.79 Å². The van der Waals surface area contributed by atoms with Crippen LogP contribution in [0.15, 0.2) is 36.5 Å². The zero-order valence-electron chi connectivity index (χ0n) is 11.1. The second kappa shape index (κ2) is 5.96. The predicted molar refractivity (Wildman–Crippen MR) is 74.6 cm³/mol. The Kier molecular flexibility index (Phi) is 4.29. The molecule has 0 bridgehead atoms.